The molecular formula is C14H13NO3. The highest BCUT2D eigenvalue weighted by atomic mass is 16.5. The van der Waals surface area contributed by atoms with Crippen LogP contribution in [0.2, 0.25) is 0 Å². The fourth-order valence-electron chi connectivity index (χ4n) is 1.55. The quantitative estimate of drug-likeness (QED) is 0.821. The van der Waals surface area contributed by atoms with Crippen LogP contribution in [0.3, 0.4) is 0 Å². The maximum absolute atomic E-state index is 10.5. The molecule has 0 bridgehead atoms. The van der Waals surface area contributed by atoms with Crippen molar-refractivity contribution in [2.24, 2.45) is 0 Å². The molecule has 1 N–H and O–H groups in total. The van der Waals surface area contributed by atoms with Crippen LogP contribution in [-0.4, -0.2) is 13.5 Å². The molecule has 2 aromatic rings. The van der Waals surface area contributed by atoms with Gasteiger partial charge in [-0.1, -0.05) is 18.2 Å². The maximum atomic E-state index is 10.5. The van der Waals surface area contributed by atoms with E-state index in [2.05, 4.69) is 5.32 Å². The van der Waals surface area contributed by atoms with Crippen LogP contribution in [0.25, 0.3) is 0 Å². The fourth-order valence-corrected chi connectivity index (χ4v) is 1.55. The zero-order valence-electron chi connectivity index (χ0n) is 9.92. The van der Waals surface area contributed by atoms with Gasteiger partial charge in [-0.2, -0.15) is 0 Å². The SMILES string of the molecule is COc1ccc(Oc2ccccc2)cc1NC=O. The third-order valence-electron chi connectivity index (χ3n) is 2.36. The fraction of sp³-hybridized carbons (Fsp3) is 0.0714. The Morgan fingerprint density at radius 1 is 1.06 bits per heavy atom. The highest BCUT2D eigenvalue weighted by Crippen LogP contribution is 2.30. The van der Waals surface area contributed by atoms with Crippen molar-refractivity contribution in [2.75, 3.05) is 12.4 Å². The first-order valence-corrected chi connectivity index (χ1v) is 5.44. The van der Waals surface area contributed by atoms with Crippen molar-refractivity contribution >= 4 is 12.1 Å². The number of hydrogen-bond donors (Lipinski definition) is 1. The molecule has 0 fully saturated rings. The lowest BCUT2D eigenvalue weighted by atomic mass is 10.2. The summed E-state index contributed by atoms with van der Waals surface area (Å²) in [5.41, 5.74) is 0.570. The van der Waals surface area contributed by atoms with E-state index in [-0.39, 0.29) is 0 Å². The number of rotatable bonds is 5. The topological polar surface area (TPSA) is 47.6 Å². The highest BCUT2D eigenvalue weighted by molar-refractivity contribution is 5.76. The molecule has 2 aromatic carbocycles. The van der Waals surface area contributed by atoms with E-state index in [0.29, 0.717) is 23.6 Å². The summed E-state index contributed by atoms with van der Waals surface area (Å²) in [7, 11) is 1.54. The molecule has 0 saturated heterocycles. The van der Waals surface area contributed by atoms with E-state index in [9.17, 15) is 4.79 Å². The number of methoxy groups -OCH3 is 1. The molecular weight excluding hydrogens is 230 g/mol. The second-order valence-corrected chi connectivity index (χ2v) is 3.54. The van der Waals surface area contributed by atoms with Gasteiger partial charge < -0.3 is 14.8 Å². The Kier molecular flexibility index (Phi) is 3.81. The number of benzene rings is 2. The van der Waals surface area contributed by atoms with Gasteiger partial charge in [-0.05, 0) is 24.3 Å². The summed E-state index contributed by atoms with van der Waals surface area (Å²) >= 11 is 0. The first-order chi connectivity index (χ1) is 8.83. The summed E-state index contributed by atoms with van der Waals surface area (Å²) in [4.78, 5) is 10.5. The molecule has 0 aromatic heterocycles. The molecule has 18 heavy (non-hydrogen) atoms. The predicted molar refractivity (Wildman–Crippen MR) is 69.2 cm³/mol. The van der Waals surface area contributed by atoms with Crippen molar-refractivity contribution < 1.29 is 14.3 Å². The molecule has 0 aliphatic carbocycles. The van der Waals surface area contributed by atoms with Gasteiger partial charge in [-0.25, -0.2) is 0 Å². The van der Waals surface area contributed by atoms with Gasteiger partial charge in [0.1, 0.15) is 17.2 Å². The molecule has 1 amide bonds. The van der Waals surface area contributed by atoms with Crippen LogP contribution in [-0.2, 0) is 4.79 Å². The molecule has 4 nitrogen and oxygen atoms in total. The number of carbonyl (C=O) groups excluding carboxylic acids is 1. The Morgan fingerprint density at radius 2 is 1.83 bits per heavy atom. The molecule has 0 unspecified atom stereocenters. The number of anilines is 1. The van der Waals surface area contributed by atoms with E-state index in [1.165, 1.54) is 0 Å². The van der Waals surface area contributed by atoms with Crippen LogP contribution < -0.4 is 14.8 Å². The van der Waals surface area contributed by atoms with Crippen LogP contribution >= 0.6 is 0 Å². The lowest BCUT2D eigenvalue weighted by Crippen LogP contribution is -1.97. The van der Waals surface area contributed by atoms with E-state index >= 15 is 0 Å². The zero-order chi connectivity index (χ0) is 12.8. The lowest BCUT2D eigenvalue weighted by molar-refractivity contribution is -0.105. The number of carbonyl (C=O) groups is 1. The average Bonchev–Trinajstić information content (AvgIpc) is 2.41. The summed E-state index contributed by atoms with van der Waals surface area (Å²) in [5, 5.41) is 2.57. The molecule has 0 heterocycles. The molecule has 2 rings (SSSR count). The minimum atomic E-state index is 0.570. The number of ether oxygens (including phenoxy) is 2. The lowest BCUT2D eigenvalue weighted by Gasteiger charge is -2.10. The zero-order valence-corrected chi connectivity index (χ0v) is 9.92. The first kappa shape index (κ1) is 12.0. The molecule has 0 aliphatic rings. The Balaban J connectivity index is 2.24. The highest BCUT2D eigenvalue weighted by Gasteiger charge is 2.05. The Bertz CT molecular complexity index is 526. The van der Waals surface area contributed by atoms with Gasteiger partial charge in [0.25, 0.3) is 0 Å². The molecule has 0 saturated carbocycles. The summed E-state index contributed by atoms with van der Waals surface area (Å²) < 4.78 is 10.8. The van der Waals surface area contributed by atoms with Crippen LogP contribution in [0, 0.1) is 0 Å². The van der Waals surface area contributed by atoms with Crippen molar-refractivity contribution in [3.05, 3.63) is 48.5 Å². The monoisotopic (exact) mass is 243 g/mol. The maximum Gasteiger partial charge on any atom is 0.211 e. The van der Waals surface area contributed by atoms with Crippen LogP contribution in [0.4, 0.5) is 5.69 Å². The van der Waals surface area contributed by atoms with E-state index in [1.54, 1.807) is 25.3 Å². The number of para-hydroxylation sites is 1. The van der Waals surface area contributed by atoms with Gasteiger partial charge in [-0.15, -0.1) is 0 Å². The van der Waals surface area contributed by atoms with Gasteiger partial charge in [0.05, 0.1) is 12.8 Å². The molecule has 0 atom stereocenters. The number of amides is 1. The van der Waals surface area contributed by atoms with E-state index in [4.69, 9.17) is 9.47 Å². The minimum absolute atomic E-state index is 0.570. The van der Waals surface area contributed by atoms with E-state index in [1.807, 2.05) is 30.3 Å². The average molecular weight is 243 g/mol. The molecule has 92 valence electrons. The Morgan fingerprint density at radius 3 is 2.50 bits per heavy atom. The summed E-state index contributed by atoms with van der Waals surface area (Å²) in [5.74, 6) is 1.95. The molecule has 4 heteroatoms. The van der Waals surface area contributed by atoms with Gasteiger partial charge in [-0.3, -0.25) is 4.79 Å². The second-order valence-electron chi connectivity index (χ2n) is 3.54. The number of hydrogen-bond acceptors (Lipinski definition) is 3. The second kappa shape index (κ2) is 5.72. The number of nitrogens with one attached hydrogen (secondary N) is 1. The third kappa shape index (κ3) is 2.79. The van der Waals surface area contributed by atoms with E-state index in [0.717, 1.165) is 5.75 Å². The van der Waals surface area contributed by atoms with Gasteiger partial charge in [0.15, 0.2) is 0 Å². The van der Waals surface area contributed by atoms with Gasteiger partial charge >= 0.3 is 0 Å². The molecule has 0 spiro atoms. The Labute approximate surface area is 105 Å². The summed E-state index contributed by atoms with van der Waals surface area (Å²) in [6.45, 7) is 0. The van der Waals surface area contributed by atoms with Gasteiger partial charge in [0, 0.05) is 6.07 Å². The Hall–Kier alpha value is -2.49. The van der Waals surface area contributed by atoms with Gasteiger partial charge in [0.2, 0.25) is 6.41 Å². The van der Waals surface area contributed by atoms with Crippen molar-refractivity contribution in [2.45, 2.75) is 0 Å². The van der Waals surface area contributed by atoms with Crippen molar-refractivity contribution in [1.82, 2.24) is 0 Å². The first-order valence-electron chi connectivity index (χ1n) is 5.44. The summed E-state index contributed by atoms with van der Waals surface area (Å²) in [6, 6.07) is 14.6. The molecule has 0 radical (unpaired) electrons. The van der Waals surface area contributed by atoms with Crippen LogP contribution in [0.1, 0.15) is 0 Å². The van der Waals surface area contributed by atoms with Crippen molar-refractivity contribution in [3.63, 3.8) is 0 Å². The minimum Gasteiger partial charge on any atom is -0.495 e. The largest absolute Gasteiger partial charge is 0.495 e. The van der Waals surface area contributed by atoms with Crippen molar-refractivity contribution in [1.29, 1.82) is 0 Å². The third-order valence-corrected chi connectivity index (χ3v) is 2.36. The smallest absolute Gasteiger partial charge is 0.211 e. The molecule has 0 aliphatic heterocycles. The summed E-state index contributed by atoms with van der Waals surface area (Å²) in [6.07, 6.45) is 0.601. The van der Waals surface area contributed by atoms with E-state index < -0.39 is 0 Å². The standard InChI is InChI=1S/C14H13NO3/c1-17-14-8-7-12(9-13(14)15-10-16)18-11-5-3-2-4-6-11/h2-10H,1H3,(H,15,16). The predicted octanol–water partition coefficient (Wildman–Crippen LogP) is 3.06. The van der Waals surface area contributed by atoms with Crippen LogP contribution in [0.15, 0.2) is 48.5 Å². The van der Waals surface area contributed by atoms with Crippen molar-refractivity contribution in [3.8, 4) is 17.2 Å². The van der Waals surface area contributed by atoms with Crippen LogP contribution in [0.5, 0.6) is 17.2 Å². The normalized spacial score (nSPS) is 9.61.